The lowest BCUT2D eigenvalue weighted by Gasteiger charge is -2.50. The van der Waals surface area contributed by atoms with E-state index in [1.807, 2.05) is 6.07 Å². The second-order valence-electron chi connectivity index (χ2n) is 10.1. The van der Waals surface area contributed by atoms with E-state index in [2.05, 4.69) is 111 Å². The van der Waals surface area contributed by atoms with Crippen LogP contribution in [0.3, 0.4) is 0 Å². The fourth-order valence-corrected chi connectivity index (χ4v) is 9.82. The van der Waals surface area contributed by atoms with Gasteiger partial charge in [0.25, 0.3) is 8.32 Å². The van der Waals surface area contributed by atoms with E-state index in [4.69, 9.17) is 4.43 Å². The van der Waals surface area contributed by atoms with Gasteiger partial charge >= 0.3 is 0 Å². The third-order valence-corrected chi connectivity index (χ3v) is 12.0. The second kappa shape index (κ2) is 9.76. The van der Waals surface area contributed by atoms with Crippen LogP contribution in [-0.2, 0) is 15.8 Å². The lowest BCUT2D eigenvalue weighted by atomic mass is 9.90. The largest absolute Gasteiger partial charge is 0.406 e. The summed E-state index contributed by atoms with van der Waals surface area (Å²) in [5.41, 5.74) is 1.24. The molecule has 0 bridgehead atoms. The second-order valence-corrected chi connectivity index (χ2v) is 14.5. The van der Waals surface area contributed by atoms with Crippen LogP contribution in [0.5, 0.6) is 0 Å². The van der Waals surface area contributed by atoms with Crippen molar-refractivity contribution in [3.05, 3.63) is 96.6 Å². The minimum Gasteiger partial charge on any atom is -0.406 e. The van der Waals surface area contributed by atoms with Gasteiger partial charge in [0.15, 0.2) is 0 Å². The SMILES string of the molecule is CC(=O)[C@@H]1C[C@H](CO[Si](c2ccccc2)(c2ccccc2)C(C)(C)C)N1Cc1ccccc1. The molecule has 172 valence electrons. The molecule has 33 heavy (non-hydrogen) atoms. The summed E-state index contributed by atoms with van der Waals surface area (Å²) in [5.74, 6) is 0.243. The van der Waals surface area contributed by atoms with E-state index < -0.39 is 8.32 Å². The topological polar surface area (TPSA) is 29.5 Å². The predicted octanol–water partition coefficient (Wildman–Crippen LogP) is 4.80. The fraction of sp³-hybridized carbons (Fsp3) is 0.345. The van der Waals surface area contributed by atoms with Gasteiger partial charge in [0, 0.05) is 12.6 Å². The maximum Gasteiger partial charge on any atom is 0.261 e. The van der Waals surface area contributed by atoms with E-state index in [0.29, 0.717) is 6.61 Å². The molecule has 4 heteroatoms. The van der Waals surface area contributed by atoms with E-state index in [9.17, 15) is 4.79 Å². The number of hydrogen-bond acceptors (Lipinski definition) is 3. The number of benzene rings is 3. The van der Waals surface area contributed by atoms with Crippen molar-refractivity contribution >= 4 is 24.5 Å². The first kappa shape index (κ1) is 23.6. The molecule has 3 aromatic carbocycles. The average Bonchev–Trinajstić information content (AvgIpc) is 2.80. The van der Waals surface area contributed by atoms with Gasteiger partial charge in [-0.1, -0.05) is 112 Å². The van der Waals surface area contributed by atoms with Crippen molar-refractivity contribution in [3.8, 4) is 0 Å². The molecule has 1 saturated heterocycles. The summed E-state index contributed by atoms with van der Waals surface area (Å²) in [6, 6.07) is 32.2. The number of ketones is 1. The zero-order valence-corrected chi connectivity index (χ0v) is 21.2. The number of hydrogen-bond donors (Lipinski definition) is 0. The molecule has 0 aromatic heterocycles. The highest BCUT2D eigenvalue weighted by molar-refractivity contribution is 6.99. The summed E-state index contributed by atoms with van der Waals surface area (Å²) in [6.45, 7) is 10.0. The van der Waals surface area contributed by atoms with Crippen LogP contribution in [-0.4, -0.2) is 37.7 Å². The highest BCUT2D eigenvalue weighted by Crippen LogP contribution is 2.38. The molecule has 1 aliphatic rings. The van der Waals surface area contributed by atoms with Gasteiger partial charge in [0.1, 0.15) is 5.78 Å². The van der Waals surface area contributed by atoms with Gasteiger partial charge in [0.05, 0.1) is 12.6 Å². The minimum absolute atomic E-state index is 0.0158. The standard InChI is InChI=1S/C29H35NO2Si/c1-23(31)28-20-25(30(28)21-24-14-8-5-9-15-24)22-32-33(29(2,3)4,26-16-10-6-11-17-26)27-18-12-7-13-19-27/h5-19,25,28H,20-22H2,1-4H3/t25-,28+/m1/s1. The summed E-state index contributed by atoms with van der Waals surface area (Å²) in [4.78, 5) is 14.6. The zero-order valence-electron chi connectivity index (χ0n) is 20.2. The molecular weight excluding hydrogens is 422 g/mol. The Labute approximate surface area is 199 Å². The molecule has 3 aromatic rings. The van der Waals surface area contributed by atoms with Gasteiger partial charge in [-0.25, -0.2) is 0 Å². The predicted molar refractivity (Wildman–Crippen MR) is 138 cm³/mol. The molecule has 2 atom stereocenters. The third kappa shape index (κ3) is 4.74. The van der Waals surface area contributed by atoms with Crippen molar-refractivity contribution in [2.75, 3.05) is 6.61 Å². The maximum atomic E-state index is 12.3. The van der Waals surface area contributed by atoms with Crippen molar-refractivity contribution in [2.45, 2.75) is 57.8 Å². The van der Waals surface area contributed by atoms with Gasteiger partial charge in [-0.2, -0.15) is 0 Å². The first-order valence-electron chi connectivity index (χ1n) is 11.9. The van der Waals surface area contributed by atoms with E-state index in [0.717, 1.165) is 13.0 Å². The van der Waals surface area contributed by atoms with Crippen LogP contribution in [0.1, 0.15) is 39.7 Å². The normalized spacial score (nSPS) is 19.2. The van der Waals surface area contributed by atoms with Gasteiger partial charge < -0.3 is 4.43 Å². The first-order chi connectivity index (χ1) is 15.8. The highest BCUT2D eigenvalue weighted by Gasteiger charge is 2.51. The summed E-state index contributed by atoms with van der Waals surface area (Å²) < 4.78 is 7.15. The number of Topliss-reactive ketones (excluding diaryl/α,β-unsaturated/α-hetero) is 1. The Morgan fingerprint density at radius 2 is 1.36 bits per heavy atom. The number of likely N-dealkylation sites (tertiary alicyclic amines) is 1. The first-order valence-corrected chi connectivity index (χ1v) is 13.8. The lowest BCUT2D eigenvalue weighted by molar-refractivity contribution is -0.132. The van der Waals surface area contributed by atoms with Crippen LogP contribution in [0.15, 0.2) is 91.0 Å². The Balaban J connectivity index is 1.65. The van der Waals surface area contributed by atoms with E-state index in [-0.39, 0.29) is 22.9 Å². The van der Waals surface area contributed by atoms with E-state index in [1.54, 1.807) is 6.92 Å². The molecular formula is C29H35NO2Si. The molecule has 0 radical (unpaired) electrons. The Kier molecular flexibility index (Phi) is 6.98. The van der Waals surface area contributed by atoms with Crippen molar-refractivity contribution in [1.82, 2.24) is 4.90 Å². The summed E-state index contributed by atoms with van der Waals surface area (Å²) >= 11 is 0. The Morgan fingerprint density at radius 3 is 1.82 bits per heavy atom. The summed E-state index contributed by atoms with van der Waals surface area (Å²) in [6.07, 6.45) is 0.861. The number of carbonyl (C=O) groups is 1. The molecule has 0 spiro atoms. The Bertz CT molecular complexity index is 1010. The van der Waals surface area contributed by atoms with Crippen LogP contribution < -0.4 is 10.4 Å². The van der Waals surface area contributed by atoms with Crippen LogP contribution in [0.25, 0.3) is 0 Å². The van der Waals surface area contributed by atoms with Crippen molar-refractivity contribution in [3.63, 3.8) is 0 Å². The summed E-state index contributed by atoms with van der Waals surface area (Å²) in [5, 5.41) is 2.53. The van der Waals surface area contributed by atoms with Crippen LogP contribution in [0.2, 0.25) is 5.04 Å². The van der Waals surface area contributed by atoms with Gasteiger partial charge in [-0.05, 0) is 34.3 Å². The highest BCUT2D eigenvalue weighted by atomic mass is 28.4. The minimum atomic E-state index is -2.58. The summed E-state index contributed by atoms with van der Waals surface area (Å²) in [7, 11) is -2.58. The van der Waals surface area contributed by atoms with Gasteiger partial charge in [-0.3, -0.25) is 9.69 Å². The molecule has 1 aliphatic heterocycles. The average molecular weight is 458 g/mol. The molecule has 4 rings (SSSR count). The van der Waals surface area contributed by atoms with Crippen molar-refractivity contribution in [1.29, 1.82) is 0 Å². The lowest BCUT2D eigenvalue weighted by Crippen LogP contribution is -2.69. The molecule has 0 aliphatic carbocycles. The van der Waals surface area contributed by atoms with E-state index in [1.165, 1.54) is 15.9 Å². The Morgan fingerprint density at radius 1 is 0.879 bits per heavy atom. The Hall–Kier alpha value is -2.53. The van der Waals surface area contributed by atoms with Crippen molar-refractivity contribution < 1.29 is 9.22 Å². The molecule has 0 unspecified atom stereocenters. The zero-order chi connectivity index (χ0) is 23.5. The van der Waals surface area contributed by atoms with Crippen LogP contribution in [0, 0.1) is 0 Å². The fourth-order valence-electron chi connectivity index (χ4n) is 5.22. The molecule has 1 fully saturated rings. The van der Waals surface area contributed by atoms with Crippen LogP contribution >= 0.6 is 0 Å². The maximum absolute atomic E-state index is 12.3. The van der Waals surface area contributed by atoms with Crippen LogP contribution in [0.4, 0.5) is 0 Å². The number of rotatable bonds is 8. The molecule has 0 N–H and O–H groups in total. The third-order valence-electron chi connectivity index (χ3n) is 6.95. The quantitative estimate of drug-likeness (QED) is 0.455. The van der Waals surface area contributed by atoms with E-state index >= 15 is 0 Å². The number of carbonyl (C=O) groups excluding carboxylic acids is 1. The molecule has 1 heterocycles. The molecule has 0 amide bonds. The van der Waals surface area contributed by atoms with Gasteiger partial charge in [0.2, 0.25) is 0 Å². The monoisotopic (exact) mass is 457 g/mol. The van der Waals surface area contributed by atoms with Crippen molar-refractivity contribution in [2.24, 2.45) is 0 Å². The smallest absolute Gasteiger partial charge is 0.261 e. The molecule has 0 saturated carbocycles. The van der Waals surface area contributed by atoms with Gasteiger partial charge in [-0.15, -0.1) is 0 Å². The number of nitrogens with zero attached hydrogens (tertiary/aromatic N) is 1. The molecule has 3 nitrogen and oxygen atoms in total.